The van der Waals surface area contributed by atoms with Crippen molar-refractivity contribution in [3.05, 3.63) is 69.4 Å². The molecule has 0 aliphatic carbocycles. The number of aryl methyl sites for hydroxylation is 1. The number of ether oxygens (including phenoxy) is 2. The van der Waals surface area contributed by atoms with Crippen molar-refractivity contribution in [2.75, 3.05) is 50.9 Å². The van der Waals surface area contributed by atoms with E-state index in [9.17, 15) is 4.79 Å². The lowest BCUT2D eigenvalue weighted by molar-refractivity contribution is 0.121. The topological polar surface area (TPSA) is 55.2 Å². The average molecular weight is 421 g/mol. The molecule has 1 aromatic heterocycles. The summed E-state index contributed by atoms with van der Waals surface area (Å²) >= 11 is 0. The van der Waals surface area contributed by atoms with Crippen LogP contribution >= 0.6 is 0 Å². The van der Waals surface area contributed by atoms with Crippen LogP contribution in [0.15, 0.2) is 51.7 Å². The van der Waals surface area contributed by atoms with Crippen LogP contribution in [0, 0.1) is 6.92 Å². The highest BCUT2D eigenvalue weighted by Gasteiger charge is 2.18. The predicted molar refractivity (Wildman–Crippen MR) is 121 cm³/mol. The molecular weight excluding hydrogens is 392 g/mol. The average Bonchev–Trinajstić information content (AvgIpc) is 2.81. The summed E-state index contributed by atoms with van der Waals surface area (Å²) in [5, 5.41) is 0.592. The number of anilines is 1. The monoisotopic (exact) mass is 420 g/mol. The molecule has 2 aromatic carbocycles. The number of benzene rings is 2. The zero-order valence-electron chi connectivity index (χ0n) is 17.9. The summed E-state index contributed by atoms with van der Waals surface area (Å²) < 4.78 is 17.7. The maximum atomic E-state index is 12.7. The summed E-state index contributed by atoms with van der Waals surface area (Å²) in [4.78, 5) is 17.1. The van der Waals surface area contributed by atoms with E-state index in [1.54, 1.807) is 6.07 Å². The Morgan fingerprint density at radius 2 is 1.84 bits per heavy atom. The highest BCUT2D eigenvalue weighted by Crippen LogP contribution is 2.29. The normalized spacial score (nSPS) is 17.0. The van der Waals surface area contributed by atoms with E-state index in [-0.39, 0.29) is 5.43 Å². The molecule has 0 radical (unpaired) electrons. The van der Waals surface area contributed by atoms with Gasteiger partial charge in [-0.05, 0) is 36.6 Å². The lowest BCUT2D eigenvalue weighted by Crippen LogP contribution is -2.36. The van der Waals surface area contributed by atoms with Gasteiger partial charge in [-0.3, -0.25) is 9.69 Å². The van der Waals surface area contributed by atoms with E-state index in [2.05, 4.69) is 34.1 Å². The smallest absolute Gasteiger partial charge is 0.200 e. The molecule has 0 unspecified atom stereocenters. The highest BCUT2D eigenvalue weighted by molar-refractivity contribution is 5.82. The fraction of sp³-hybridized carbons (Fsp3) is 0.400. The van der Waals surface area contributed by atoms with Gasteiger partial charge in [-0.15, -0.1) is 0 Å². The molecule has 162 valence electrons. The van der Waals surface area contributed by atoms with Crippen LogP contribution in [0.25, 0.3) is 11.0 Å². The maximum Gasteiger partial charge on any atom is 0.200 e. The lowest BCUT2D eigenvalue weighted by Gasteiger charge is -2.28. The Bertz CT molecular complexity index is 1130. The summed E-state index contributed by atoms with van der Waals surface area (Å²) in [6.07, 6.45) is 1.08. The molecule has 0 spiro atoms. The SMILES string of the molecule is Cc1c(OCCN2CCc3ccccc3C2)ccc2c(=O)cc(N3CCOCC3)oc12. The summed E-state index contributed by atoms with van der Waals surface area (Å²) in [6, 6.07) is 13.9. The molecule has 6 nitrogen and oxygen atoms in total. The predicted octanol–water partition coefficient (Wildman–Crippen LogP) is 3.38. The molecule has 1 saturated heterocycles. The van der Waals surface area contributed by atoms with Crippen molar-refractivity contribution in [1.29, 1.82) is 0 Å². The minimum absolute atomic E-state index is 0.0237. The van der Waals surface area contributed by atoms with E-state index in [1.165, 1.54) is 11.1 Å². The molecule has 6 heteroatoms. The van der Waals surface area contributed by atoms with E-state index >= 15 is 0 Å². The molecule has 5 rings (SSSR count). The van der Waals surface area contributed by atoms with Crippen molar-refractivity contribution in [1.82, 2.24) is 4.90 Å². The largest absolute Gasteiger partial charge is 0.492 e. The van der Waals surface area contributed by atoms with Crippen LogP contribution in [-0.2, 0) is 17.7 Å². The van der Waals surface area contributed by atoms with Gasteiger partial charge >= 0.3 is 0 Å². The maximum absolute atomic E-state index is 12.7. The van der Waals surface area contributed by atoms with E-state index in [1.807, 2.05) is 19.1 Å². The Hall–Kier alpha value is -2.83. The number of hydrogen-bond donors (Lipinski definition) is 0. The highest BCUT2D eigenvalue weighted by atomic mass is 16.5. The van der Waals surface area contributed by atoms with Crippen LogP contribution in [0.3, 0.4) is 0 Å². The van der Waals surface area contributed by atoms with E-state index < -0.39 is 0 Å². The fourth-order valence-electron chi connectivity index (χ4n) is 4.45. The summed E-state index contributed by atoms with van der Waals surface area (Å²) in [5.74, 6) is 1.38. The van der Waals surface area contributed by atoms with Gasteiger partial charge in [0.1, 0.15) is 17.9 Å². The summed E-state index contributed by atoms with van der Waals surface area (Å²) in [5.41, 5.74) is 4.32. The fourth-order valence-corrected chi connectivity index (χ4v) is 4.45. The molecule has 31 heavy (non-hydrogen) atoms. The number of rotatable bonds is 5. The first kappa shape index (κ1) is 20.1. The van der Waals surface area contributed by atoms with Crippen molar-refractivity contribution in [2.24, 2.45) is 0 Å². The first-order valence-electron chi connectivity index (χ1n) is 11.0. The molecule has 0 N–H and O–H groups in total. The van der Waals surface area contributed by atoms with Crippen LogP contribution in [0.5, 0.6) is 5.75 Å². The Kier molecular flexibility index (Phi) is 5.66. The lowest BCUT2D eigenvalue weighted by atomic mass is 10.0. The van der Waals surface area contributed by atoms with Gasteiger partial charge in [-0.2, -0.15) is 0 Å². The van der Waals surface area contributed by atoms with Gasteiger partial charge in [0, 0.05) is 44.4 Å². The molecule has 0 saturated carbocycles. The van der Waals surface area contributed by atoms with Crippen LogP contribution in [-0.4, -0.2) is 50.9 Å². The first-order valence-corrected chi connectivity index (χ1v) is 11.0. The van der Waals surface area contributed by atoms with E-state index in [0.29, 0.717) is 36.7 Å². The zero-order valence-corrected chi connectivity index (χ0v) is 17.9. The molecule has 0 atom stereocenters. The molecule has 2 aliphatic heterocycles. The van der Waals surface area contributed by atoms with Crippen molar-refractivity contribution >= 4 is 16.9 Å². The Balaban J connectivity index is 1.30. The van der Waals surface area contributed by atoms with E-state index in [0.717, 1.165) is 50.5 Å². The van der Waals surface area contributed by atoms with Crippen molar-refractivity contribution < 1.29 is 13.9 Å². The molecule has 0 amide bonds. The van der Waals surface area contributed by atoms with Crippen molar-refractivity contribution in [3.63, 3.8) is 0 Å². The number of hydrogen-bond acceptors (Lipinski definition) is 6. The second kappa shape index (κ2) is 8.73. The Morgan fingerprint density at radius 3 is 2.68 bits per heavy atom. The second-order valence-electron chi connectivity index (χ2n) is 8.26. The number of morpholine rings is 1. The van der Waals surface area contributed by atoms with Gasteiger partial charge in [0.2, 0.25) is 0 Å². The van der Waals surface area contributed by atoms with Crippen LogP contribution in [0.1, 0.15) is 16.7 Å². The van der Waals surface area contributed by atoms with Crippen LogP contribution < -0.4 is 15.1 Å². The van der Waals surface area contributed by atoms with Gasteiger partial charge in [-0.25, -0.2) is 0 Å². The summed E-state index contributed by atoms with van der Waals surface area (Å²) in [7, 11) is 0. The third-order valence-electron chi connectivity index (χ3n) is 6.28. The van der Waals surface area contributed by atoms with Gasteiger partial charge in [0.25, 0.3) is 0 Å². The zero-order chi connectivity index (χ0) is 21.2. The van der Waals surface area contributed by atoms with Crippen LogP contribution in [0.2, 0.25) is 0 Å². The standard InChI is InChI=1S/C25H28N2O4/c1-18-23(30-15-10-26-9-8-19-4-2-3-5-20(19)17-26)7-6-21-22(28)16-24(31-25(18)21)27-11-13-29-14-12-27/h2-7,16H,8-15,17H2,1H3. The molecule has 2 aliphatic rings. The van der Waals surface area contributed by atoms with Gasteiger partial charge in [-0.1, -0.05) is 24.3 Å². The summed E-state index contributed by atoms with van der Waals surface area (Å²) in [6.45, 7) is 8.18. The van der Waals surface area contributed by atoms with Crippen molar-refractivity contribution in [2.45, 2.75) is 19.9 Å². The van der Waals surface area contributed by atoms with Crippen molar-refractivity contribution in [3.8, 4) is 5.75 Å². The second-order valence-corrected chi connectivity index (χ2v) is 8.26. The molecular formula is C25H28N2O4. The first-order chi connectivity index (χ1) is 15.2. The Morgan fingerprint density at radius 1 is 1.03 bits per heavy atom. The van der Waals surface area contributed by atoms with Gasteiger partial charge in [0.15, 0.2) is 11.3 Å². The molecule has 3 aromatic rings. The van der Waals surface area contributed by atoms with E-state index in [4.69, 9.17) is 13.9 Å². The molecule has 3 heterocycles. The third kappa shape index (κ3) is 4.18. The third-order valence-corrected chi connectivity index (χ3v) is 6.28. The van der Waals surface area contributed by atoms with Gasteiger partial charge < -0.3 is 18.8 Å². The quantitative estimate of drug-likeness (QED) is 0.631. The number of nitrogens with zero attached hydrogens (tertiary/aromatic N) is 2. The van der Waals surface area contributed by atoms with Crippen LogP contribution in [0.4, 0.5) is 5.88 Å². The number of fused-ring (bicyclic) bond motifs is 2. The Labute approximate surface area is 182 Å². The minimum atomic E-state index is -0.0237. The molecule has 0 bridgehead atoms. The van der Waals surface area contributed by atoms with Gasteiger partial charge in [0.05, 0.1) is 18.6 Å². The molecule has 1 fully saturated rings. The minimum Gasteiger partial charge on any atom is -0.492 e.